The van der Waals surface area contributed by atoms with Crippen LogP contribution >= 0.6 is 0 Å². The van der Waals surface area contributed by atoms with E-state index >= 15 is 0 Å². The summed E-state index contributed by atoms with van der Waals surface area (Å²) in [5, 5.41) is 8.01. The number of nitrogens with zero attached hydrogens (tertiary/aromatic N) is 2. The summed E-state index contributed by atoms with van der Waals surface area (Å²) in [6.45, 7) is 0. The monoisotopic (exact) mass is 210 g/mol. The van der Waals surface area contributed by atoms with Crippen LogP contribution in [-0.2, 0) is 0 Å². The molecule has 0 saturated heterocycles. The minimum atomic E-state index is -1.07. The summed E-state index contributed by atoms with van der Waals surface area (Å²) in [7, 11) is 0. The number of anilines is 1. The summed E-state index contributed by atoms with van der Waals surface area (Å²) < 4.78 is 12.5. The van der Waals surface area contributed by atoms with E-state index in [-0.39, 0.29) is 0 Å². The number of carbonyl (C=O) groups excluding carboxylic acids is 2. The smallest absolute Gasteiger partial charge is 0.348 e. The number of nitrogens with two attached hydrogens (primary N) is 1. The van der Waals surface area contributed by atoms with Crippen LogP contribution in [0.1, 0.15) is 0 Å². The number of hydrogen-bond donors (Lipinski definition) is 2. The van der Waals surface area contributed by atoms with Crippen LogP contribution in [0.3, 0.4) is 0 Å². The van der Waals surface area contributed by atoms with Crippen LogP contribution in [0.5, 0.6) is 0 Å². The van der Waals surface area contributed by atoms with Gasteiger partial charge in [0.25, 0.3) is 0 Å². The van der Waals surface area contributed by atoms with Crippen LogP contribution in [0.4, 0.5) is 19.7 Å². The van der Waals surface area contributed by atoms with Gasteiger partial charge >= 0.3 is 12.1 Å². The van der Waals surface area contributed by atoms with Crippen LogP contribution in [0.2, 0.25) is 0 Å². The highest BCUT2D eigenvalue weighted by molar-refractivity contribution is 5.90. The second-order valence-electron chi connectivity index (χ2n) is 2.48. The Labute approximate surface area is 84.0 Å². The summed E-state index contributed by atoms with van der Waals surface area (Å²) in [5.74, 6) is -0.424. The van der Waals surface area contributed by atoms with Crippen LogP contribution < -0.4 is 11.1 Å². The van der Waals surface area contributed by atoms with Crippen molar-refractivity contribution >= 4 is 17.7 Å². The van der Waals surface area contributed by atoms with Gasteiger partial charge in [0.15, 0.2) is 0 Å². The van der Waals surface area contributed by atoms with E-state index in [0.717, 1.165) is 0 Å². The highest BCUT2D eigenvalue weighted by Gasteiger charge is 2.00. The third kappa shape index (κ3) is 3.94. The van der Waals surface area contributed by atoms with Crippen molar-refractivity contribution in [1.82, 2.24) is 0 Å². The number of azo groups is 1. The number of nitrogens with one attached hydrogen (secondary N) is 1. The van der Waals surface area contributed by atoms with Gasteiger partial charge < -0.3 is 11.1 Å². The van der Waals surface area contributed by atoms with Crippen LogP contribution in [0.25, 0.3) is 0 Å². The van der Waals surface area contributed by atoms with Gasteiger partial charge in [-0.25, -0.2) is 14.0 Å². The predicted octanol–water partition coefficient (Wildman–Crippen LogP) is 1.89. The van der Waals surface area contributed by atoms with E-state index in [9.17, 15) is 14.0 Å². The van der Waals surface area contributed by atoms with Gasteiger partial charge in [-0.3, -0.25) is 0 Å². The van der Waals surface area contributed by atoms with E-state index in [1.54, 1.807) is 0 Å². The lowest BCUT2D eigenvalue weighted by molar-refractivity contribution is 0.250. The second kappa shape index (κ2) is 4.80. The van der Waals surface area contributed by atoms with E-state index in [0.29, 0.717) is 5.69 Å². The highest BCUT2D eigenvalue weighted by atomic mass is 19.1. The second-order valence-corrected chi connectivity index (χ2v) is 2.48. The number of benzene rings is 1. The Morgan fingerprint density at radius 1 is 1.20 bits per heavy atom. The zero-order valence-corrected chi connectivity index (χ0v) is 7.48. The molecular formula is C8H7FN4O2. The Morgan fingerprint density at radius 2 is 1.80 bits per heavy atom. The number of halogens is 1. The molecule has 0 spiro atoms. The van der Waals surface area contributed by atoms with E-state index < -0.39 is 17.9 Å². The molecule has 0 heterocycles. The lowest BCUT2D eigenvalue weighted by Gasteiger charge is -1.99. The molecule has 0 saturated carbocycles. The van der Waals surface area contributed by atoms with Crippen molar-refractivity contribution in [2.24, 2.45) is 16.0 Å². The van der Waals surface area contributed by atoms with E-state index in [4.69, 9.17) is 0 Å². The van der Waals surface area contributed by atoms with E-state index in [2.05, 4.69) is 21.3 Å². The topological polar surface area (TPSA) is 96.9 Å². The first kappa shape index (κ1) is 10.8. The van der Waals surface area contributed by atoms with Gasteiger partial charge in [0, 0.05) is 5.69 Å². The third-order valence-corrected chi connectivity index (χ3v) is 1.33. The normalized spacial score (nSPS) is 10.2. The Hall–Kier alpha value is -2.31. The standard InChI is InChI=1S/C8H7FN4O2/c9-5-1-3-6(4-2-5)11-8(15)13-12-7(10)14/h1-4H,(H2,10,14)(H,11,15). The van der Waals surface area contributed by atoms with Gasteiger partial charge in [0.05, 0.1) is 0 Å². The Bertz CT molecular complexity index is 402. The van der Waals surface area contributed by atoms with Gasteiger partial charge in [-0.1, -0.05) is 10.2 Å². The van der Waals surface area contributed by atoms with Gasteiger partial charge in [-0.2, -0.15) is 0 Å². The van der Waals surface area contributed by atoms with E-state index in [1.807, 2.05) is 0 Å². The molecule has 7 heteroatoms. The maximum Gasteiger partial charge on any atom is 0.364 e. The molecule has 4 amide bonds. The van der Waals surface area contributed by atoms with Crippen molar-refractivity contribution < 1.29 is 14.0 Å². The lowest BCUT2D eigenvalue weighted by atomic mass is 10.3. The molecule has 78 valence electrons. The summed E-state index contributed by atoms with van der Waals surface area (Å²) in [6.07, 6.45) is 0. The zero-order valence-electron chi connectivity index (χ0n) is 7.48. The summed E-state index contributed by atoms with van der Waals surface area (Å²) in [4.78, 5) is 21.1. The molecule has 0 radical (unpaired) electrons. The zero-order chi connectivity index (χ0) is 11.3. The molecule has 6 nitrogen and oxygen atoms in total. The number of hydrogen-bond acceptors (Lipinski definition) is 2. The fourth-order valence-corrected chi connectivity index (χ4v) is 0.776. The van der Waals surface area contributed by atoms with Crippen molar-refractivity contribution in [2.45, 2.75) is 0 Å². The maximum atomic E-state index is 12.5. The average Bonchev–Trinajstić information content (AvgIpc) is 2.19. The quantitative estimate of drug-likeness (QED) is 0.692. The highest BCUT2D eigenvalue weighted by Crippen LogP contribution is 2.08. The first-order chi connectivity index (χ1) is 7.08. The molecule has 15 heavy (non-hydrogen) atoms. The number of primary amides is 1. The molecule has 0 aliphatic rings. The fraction of sp³-hybridized carbons (Fsp3) is 0. The largest absolute Gasteiger partial charge is 0.364 e. The molecule has 3 N–H and O–H groups in total. The summed E-state index contributed by atoms with van der Waals surface area (Å²) >= 11 is 0. The van der Waals surface area contributed by atoms with Crippen molar-refractivity contribution in [2.75, 3.05) is 5.32 Å². The molecule has 0 aromatic heterocycles. The SMILES string of the molecule is NC(=O)N=NC(=O)Nc1ccc(F)cc1. The van der Waals surface area contributed by atoms with Gasteiger partial charge in [0.1, 0.15) is 5.82 Å². The number of carbonyl (C=O) groups is 2. The van der Waals surface area contributed by atoms with Gasteiger partial charge in [0.2, 0.25) is 0 Å². The molecule has 0 unspecified atom stereocenters. The van der Waals surface area contributed by atoms with Crippen LogP contribution in [-0.4, -0.2) is 12.1 Å². The minimum Gasteiger partial charge on any atom is -0.348 e. The first-order valence-electron chi connectivity index (χ1n) is 3.85. The summed E-state index contributed by atoms with van der Waals surface area (Å²) in [5.41, 5.74) is 4.96. The fourth-order valence-electron chi connectivity index (χ4n) is 0.776. The molecule has 0 fully saturated rings. The molecule has 0 aliphatic heterocycles. The molecule has 1 aromatic carbocycles. The lowest BCUT2D eigenvalue weighted by Crippen LogP contribution is -2.08. The van der Waals surface area contributed by atoms with Crippen molar-refractivity contribution in [1.29, 1.82) is 0 Å². The number of urea groups is 2. The molecule has 1 rings (SSSR count). The summed E-state index contributed by atoms with van der Waals surface area (Å²) in [6, 6.07) is 3.09. The maximum absolute atomic E-state index is 12.5. The molecule has 0 aliphatic carbocycles. The average molecular weight is 210 g/mol. The predicted molar refractivity (Wildman–Crippen MR) is 49.9 cm³/mol. The van der Waals surface area contributed by atoms with Crippen molar-refractivity contribution in [3.05, 3.63) is 30.1 Å². The molecule has 0 bridgehead atoms. The molecule has 0 atom stereocenters. The van der Waals surface area contributed by atoms with Crippen LogP contribution in [0, 0.1) is 5.82 Å². The Morgan fingerprint density at radius 3 is 2.33 bits per heavy atom. The first-order valence-corrected chi connectivity index (χ1v) is 3.85. The van der Waals surface area contributed by atoms with Gasteiger partial charge in [-0.05, 0) is 24.3 Å². The third-order valence-electron chi connectivity index (χ3n) is 1.33. The van der Waals surface area contributed by atoms with E-state index in [1.165, 1.54) is 24.3 Å². The molecule has 1 aromatic rings. The minimum absolute atomic E-state index is 0.338. The van der Waals surface area contributed by atoms with Gasteiger partial charge in [-0.15, -0.1) is 0 Å². The molecular weight excluding hydrogens is 203 g/mol. The van der Waals surface area contributed by atoms with Crippen molar-refractivity contribution in [3.63, 3.8) is 0 Å². The number of rotatable bonds is 1. The Balaban J connectivity index is 2.59. The Kier molecular flexibility index (Phi) is 3.44. The van der Waals surface area contributed by atoms with Crippen LogP contribution in [0.15, 0.2) is 34.5 Å². The number of amides is 4. The van der Waals surface area contributed by atoms with Crippen molar-refractivity contribution in [3.8, 4) is 0 Å².